The van der Waals surface area contributed by atoms with Crippen molar-refractivity contribution in [3.63, 3.8) is 0 Å². The van der Waals surface area contributed by atoms with Crippen molar-refractivity contribution in [3.8, 4) is 0 Å². The number of hydrogen-bond donors (Lipinski definition) is 1. The second-order valence-electron chi connectivity index (χ2n) is 4.96. The topological polar surface area (TPSA) is 36.4 Å². The zero-order chi connectivity index (χ0) is 11.7. The van der Waals surface area contributed by atoms with Crippen LogP contribution < -0.4 is 0 Å². The first kappa shape index (κ1) is 10.8. The van der Waals surface area contributed by atoms with Crippen LogP contribution in [0.3, 0.4) is 0 Å². The van der Waals surface area contributed by atoms with Crippen LogP contribution in [0.25, 0.3) is 0 Å². The van der Waals surface area contributed by atoms with E-state index in [1.807, 2.05) is 12.3 Å². The number of aliphatic hydroxyl groups excluding tert-OH is 1. The van der Waals surface area contributed by atoms with Gasteiger partial charge in [0.15, 0.2) is 0 Å². The molecule has 1 aromatic heterocycles. The number of hydrogen-bond acceptors (Lipinski definition) is 3. The molecule has 3 fully saturated rings. The van der Waals surface area contributed by atoms with E-state index in [-0.39, 0.29) is 6.10 Å². The number of fused-ring (bicyclic) bond motifs is 3. The second-order valence-corrected chi connectivity index (χ2v) is 4.96. The molecular formula is C14H18N2O. The Balaban J connectivity index is 1.75. The van der Waals surface area contributed by atoms with E-state index in [0.29, 0.717) is 5.92 Å². The van der Waals surface area contributed by atoms with Crippen LogP contribution in [0.15, 0.2) is 36.3 Å². The zero-order valence-electron chi connectivity index (χ0n) is 9.92. The van der Waals surface area contributed by atoms with Gasteiger partial charge in [0.05, 0.1) is 6.10 Å². The lowest BCUT2D eigenvalue weighted by Gasteiger charge is -2.46. The summed E-state index contributed by atoms with van der Waals surface area (Å²) in [7, 11) is 0. The van der Waals surface area contributed by atoms with Crippen LogP contribution in [0.1, 0.15) is 18.4 Å². The lowest BCUT2D eigenvalue weighted by atomic mass is 9.83. The first-order valence-corrected chi connectivity index (χ1v) is 6.36. The van der Waals surface area contributed by atoms with E-state index in [0.717, 1.165) is 38.0 Å². The molecule has 1 N–H and O–H groups in total. The molecule has 1 atom stereocenters. The van der Waals surface area contributed by atoms with Gasteiger partial charge in [-0.05, 0) is 36.8 Å². The van der Waals surface area contributed by atoms with Gasteiger partial charge in [0, 0.05) is 31.2 Å². The molecule has 1 aromatic rings. The van der Waals surface area contributed by atoms with Crippen molar-refractivity contribution in [2.45, 2.75) is 25.4 Å². The van der Waals surface area contributed by atoms with E-state index >= 15 is 0 Å². The highest BCUT2D eigenvalue weighted by atomic mass is 16.3. The van der Waals surface area contributed by atoms with E-state index in [1.54, 1.807) is 6.20 Å². The Bertz CT molecular complexity index is 403. The molecule has 1 unspecified atom stereocenters. The second kappa shape index (κ2) is 4.49. The highest BCUT2D eigenvalue weighted by Crippen LogP contribution is 2.34. The molecule has 0 aromatic carbocycles. The molecule has 0 saturated carbocycles. The van der Waals surface area contributed by atoms with Crippen molar-refractivity contribution in [1.82, 2.24) is 9.88 Å². The third-order valence-electron chi connectivity index (χ3n) is 3.92. The molecule has 4 heterocycles. The highest BCUT2D eigenvalue weighted by Gasteiger charge is 2.36. The lowest BCUT2D eigenvalue weighted by Crippen LogP contribution is -2.48. The van der Waals surface area contributed by atoms with Gasteiger partial charge in [-0.15, -0.1) is 0 Å². The van der Waals surface area contributed by atoms with Crippen LogP contribution in [0, 0.1) is 5.92 Å². The van der Waals surface area contributed by atoms with E-state index in [4.69, 9.17) is 0 Å². The van der Waals surface area contributed by atoms with Crippen LogP contribution >= 0.6 is 0 Å². The minimum absolute atomic E-state index is 0.242. The van der Waals surface area contributed by atoms with Crippen molar-refractivity contribution < 1.29 is 5.11 Å². The molecule has 3 nitrogen and oxygen atoms in total. The van der Waals surface area contributed by atoms with Crippen molar-refractivity contribution in [1.29, 1.82) is 0 Å². The number of nitrogens with zero attached hydrogens (tertiary/aromatic N) is 2. The Morgan fingerprint density at radius 2 is 2.24 bits per heavy atom. The predicted molar refractivity (Wildman–Crippen MR) is 66.3 cm³/mol. The summed E-state index contributed by atoms with van der Waals surface area (Å²) >= 11 is 0. The van der Waals surface area contributed by atoms with Gasteiger partial charge in [0.25, 0.3) is 0 Å². The first-order chi connectivity index (χ1) is 8.34. The fourth-order valence-corrected chi connectivity index (χ4v) is 2.89. The van der Waals surface area contributed by atoms with Crippen LogP contribution in [0.2, 0.25) is 0 Å². The lowest BCUT2D eigenvalue weighted by molar-refractivity contribution is 0.0193. The fraction of sp³-hybridized carbons (Fsp3) is 0.500. The van der Waals surface area contributed by atoms with E-state index in [9.17, 15) is 5.11 Å². The summed E-state index contributed by atoms with van der Waals surface area (Å²) in [6.07, 6.45) is 8.76. The molecule has 0 spiro atoms. The average Bonchev–Trinajstić information content (AvgIpc) is 2.40. The first-order valence-electron chi connectivity index (χ1n) is 6.36. The number of allylic oxidation sites excluding steroid dienone is 1. The maximum atomic E-state index is 10.2. The number of aliphatic hydroxyl groups is 1. The summed E-state index contributed by atoms with van der Waals surface area (Å²) in [5, 5.41) is 10.2. The minimum Gasteiger partial charge on any atom is -0.387 e. The molecule has 0 aliphatic carbocycles. The van der Waals surface area contributed by atoms with Crippen molar-refractivity contribution in [2.24, 2.45) is 5.92 Å². The van der Waals surface area contributed by atoms with Crippen molar-refractivity contribution >= 4 is 0 Å². The van der Waals surface area contributed by atoms with Crippen molar-refractivity contribution in [2.75, 3.05) is 13.1 Å². The van der Waals surface area contributed by atoms with E-state index in [1.165, 1.54) is 5.56 Å². The molecule has 90 valence electrons. The molecular weight excluding hydrogens is 212 g/mol. The molecule has 3 aliphatic heterocycles. The normalized spacial score (nSPS) is 29.9. The maximum Gasteiger partial charge on any atom is 0.0962 e. The molecule has 0 radical (unpaired) electrons. The van der Waals surface area contributed by atoms with Crippen LogP contribution in [-0.2, 0) is 6.42 Å². The number of piperidine rings is 3. The smallest absolute Gasteiger partial charge is 0.0962 e. The van der Waals surface area contributed by atoms with Gasteiger partial charge >= 0.3 is 0 Å². The number of pyridine rings is 1. The van der Waals surface area contributed by atoms with Gasteiger partial charge in [0.2, 0.25) is 0 Å². The molecule has 2 bridgehead atoms. The summed E-state index contributed by atoms with van der Waals surface area (Å²) in [4.78, 5) is 6.44. The number of rotatable bonds is 2. The Kier molecular flexibility index (Phi) is 2.85. The summed E-state index contributed by atoms with van der Waals surface area (Å²) in [6, 6.07) is 4.03. The van der Waals surface area contributed by atoms with E-state index in [2.05, 4.69) is 22.0 Å². The average molecular weight is 230 g/mol. The third kappa shape index (κ3) is 2.07. The Labute approximate surface area is 102 Å². The molecule has 17 heavy (non-hydrogen) atoms. The van der Waals surface area contributed by atoms with Gasteiger partial charge in [0.1, 0.15) is 0 Å². The zero-order valence-corrected chi connectivity index (χ0v) is 9.92. The Morgan fingerprint density at radius 1 is 1.41 bits per heavy atom. The fourth-order valence-electron chi connectivity index (χ4n) is 2.89. The molecule has 3 aliphatic rings. The van der Waals surface area contributed by atoms with Gasteiger partial charge in [-0.2, -0.15) is 0 Å². The van der Waals surface area contributed by atoms with Crippen molar-refractivity contribution in [3.05, 3.63) is 41.9 Å². The van der Waals surface area contributed by atoms with Gasteiger partial charge < -0.3 is 10.0 Å². The molecule has 4 rings (SSSR count). The van der Waals surface area contributed by atoms with Gasteiger partial charge in [-0.25, -0.2) is 0 Å². The summed E-state index contributed by atoms with van der Waals surface area (Å²) in [5.41, 5.74) is 2.34. The maximum absolute atomic E-state index is 10.2. The van der Waals surface area contributed by atoms with Crippen LogP contribution in [0.4, 0.5) is 0 Å². The molecule has 0 amide bonds. The monoisotopic (exact) mass is 230 g/mol. The molecule has 3 heteroatoms. The summed E-state index contributed by atoms with van der Waals surface area (Å²) in [6.45, 7) is 2.22. The summed E-state index contributed by atoms with van der Waals surface area (Å²) < 4.78 is 0. The van der Waals surface area contributed by atoms with Crippen LogP contribution in [0.5, 0.6) is 0 Å². The largest absolute Gasteiger partial charge is 0.387 e. The quantitative estimate of drug-likeness (QED) is 0.838. The number of aromatic nitrogens is 1. The van der Waals surface area contributed by atoms with Gasteiger partial charge in [-0.3, -0.25) is 4.98 Å². The minimum atomic E-state index is -0.242. The van der Waals surface area contributed by atoms with E-state index < -0.39 is 0 Å². The third-order valence-corrected chi connectivity index (χ3v) is 3.92. The van der Waals surface area contributed by atoms with Gasteiger partial charge in [-0.1, -0.05) is 12.1 Å². The highest BCUT2D eigenvalue weighted by molar-refractivity contribution is 5.20. The Hall–Kier alpha value is -1.35. The Morgan fingerprint density at radius 3 is 2.88 bits per heavy atom. The SMILES string of the molecule is OC1C(=CCc2cccnc2)N2CCC1CC2. The van der Waals surface area contributed by atoms with Crippen LogP contribution in [-0.4, -0.2) is 34.2 Å². The predicted octanol–water partition coefficient (Wildman–Crippen LogP) is 1.59. The molecule has 3 saturated heterocycles. The summed E-state index contributed by atoms with van der Waals surface area (Å²) in [5.74, 6) is 0.486. The standard InChI is InChI=1S/C14H18N2O/c17-14-12-5-8-16(9-6-12)13(14)4-3-11-2-1-7-15-10-11/h1-2,4,7,10,12,14,17H,3,5-6,8-9H2.